The first kappa shape index (κ1) is 22.3. The van der Waals surface area contributed by atoms with Crippen LogP contribution in [0.4, 0.5) is 18.9 Å². The largest absolute Gasteiger partial charge is 0.416 e. The molecule has 1 amide bonds. The van der Waals surface area contributed by atoms with Gasteiger partial charge in [0, 0.05) is 24.1 Å². The number of aromatic nitrogens is 2. The second-order valence-electron chi connectivity index (χ2n) is 6.19. The van der Waals surface area contributed by atoms with Crippen molar-refractivity contribution in [1.82, 2.24) is 9.78 Å². The van der Waals surface area contributed by atoms with Crippen molar-refractivity contribution in [3.05, 3.63) is 41.2 Å². The Labute approximate surface area is 165 Å². The Balaban J connectivity index is 2.16. The van der Waals surface area contributed by atoms with Gasteiger partial charge in [-0.1, -0.05) is 6.07 Å². The maximum atomic E-state index is 12.8. The Morgan fingerprint density at radius 3 is 2.43 bits per heavy atom. The van der Waals surface area contributed by atoms with Gasteiger partial charge in [-0.2, -0.15) is 18.3 Å². The summed E-state index contributed by atoms with van der Waals surface area (Å²) < 4.78 is 65.0. The summed E-state index contributed by atoms with van der Waals surface area (Å²) in [5.41, 5.74) is 0.341. The molecular formula is C17H20F3N3O3S2. The van der Waals surface area contributed by atoms with E-state index in [4.69, 9.17) is 0 Å². The molecule has 0 fully saturated rings. The average molecular weight is 435 g/mol. The van der Waals surface area contributed by atoms with Crippen LogP contribution in [0.25, 0.3) is 0 Å². The second-order valence-corrected chi connectivity index (χ2v) is 9.19. The van der Waals surface area contributed by atoms with Crippen LogP contribution in [0.3, 0.4) is 0 Å². The van der Waals surface area contributed by atoms with E-state index in [1.54, 1.807) is 20.9 Å². The molecule has 28 heavy (non-hydrogen) atoms. The van der Waals surface area contributed by atoms with E-state index >= 15 is 0 Å². The molecule has 0 aliphatic heterocycles. The normalized spacial score (nSPS) is 12.2. The van der Waals surface area contributed by atoms with Crippen molar-refractivity contribution in [1.29, 1.82) is 0 Å². The summed E-state index contributed by atoms with van der Waals surface area (Å²) in [6.45, 7) is 3.25. The van der Waals surface area contributed by atoms with Gasteiger partial charge in [-0.15, -0.1) is 11.8 Å². The SMILES string of the molecule is Cc1nn(C)c(C)c1N(C(=O)CCSc1cccc(C(F)(F)F)c1)S(C)(=O)=O. The third kappa shape index (κ3) is 5.07. The number of sulfonamides is 1. The van der Waals surface area contributed by atoms with Gasteiger partial charge in [-0.05, 0) is 32.0 Å². The highest BCUT2D eigenvalue weighted by Gasteiger charge is 2.31. The van der Waals surface area contributed by atoms with Crippen molar-refractivity contribution in [3.8, 4) is 0 Å². The monoisotopic (exact) mass is 435 g/mol. The molecule has 0 unspecified atom stereocenters. The standard InChI is InChI=1S/C17H20F3N3O3S2/c1-11-16(12(2)22(3)21-11)23(28(4,25)26)15(24)8-9-27-14-7-5-6-13(10-14)17(18,19)20/h5-7,10H,8-9H2,1-4H3. The molecule has 2 rings (SSSR count). The molecule has 11 heteroatoms. The summed E-state index contributed by atoms with van der Waals surface area (Å²) in [5.74, 6) is -0.536. The van der Waals surface area contributed by atoms with Gasteiger partial charge in [0.25, 0.3) is 0 Å². The van der Waals surface area contributed by atoms with Gasteiger partial charge in [-0.3, -0.25) is 9.48 Å². The lowest BCUT2D eigenvalue weighted by Crippen LogP contribution is -2.37. The highest BCUT2D eigenvalue weighted by molar-refractivity contribution is 7.99. The minimum Gasteiger partial charge on any atom is -0.273 e. The van der Waals surface area contributed by atoms with E-state index in [0.29, 0.717) is 16.3 Å². The summed E-state index contributed by atoms with van der Waals surface area (Å²) in [6.07, 6.45) is -3.69. The predicted molar refractivity (Wildman–Crippen MR) is 102 cm³/mol. The molecule has 0 radical (unpaired) electrons. The van der Waals surface area contributed by atoms with Crippen molar-refractivity contribution >= 4 is 33.4 Å². The quantitative estimate of drug-likeness (QED) is 0.649. The third-order valence-corrected chi connectivity index (χ3v) is 6.02. The molecule has 1 aromatic heterocycles. The Morgan fingerprint density at radius 2 is 1.93 bits per heavy atom. The molecular weight excluding hydrogens is 415 g/mol. The van der Waals surface area contributed by atoms with Gasteiger partial charge in [-0.25, -0.2) is 12.7 Å². The number of hydrogen-bond donors (Lipinski definition) is 0. The molecule has 1 aromatic carbocycles. The van der Waals surface area contributed by atoms with E-state index in [0.717, 1.165) is 34.5 Å². The van der Waals surface area contributed by atoms with E-state index in [-0.39, 0.29) is 17.9 Å². The van der Waals surface area contributed by atoms with Crippen LogP contribution < -0.4 is 4.31 Å². The third-order valence-electron chi connectivity index (χ3n) is 3.98. The Kier molecular flexibility index (Phi) is 6.49. The molecule has 0 N–H and O–H groups in total. The smallest absolute Gasteiger partial charge is 0.273 e. The minimum absolute atomic E-state index is 0.129. The fourth-order valence-electron chi connectivity index (χ4n) is 2.65. The zero-order chi connectivity index (χ0) is 21.3. The molecule has 0 spiro atoms. The number of halogens is 3. The summed E-state index contributed by atoms with van der Waals surface area (Å²) in [7, 11) is -2.26. The Bertz CT molecular complexity index is 985. The van der Waals surface area contributed by atoms with Gasteiger partial charge in [0.15, 0.2) is 0 Å². The Hall–Kier alpha value is -2.01. The molecule has 0 aliphatic rings. The van der Waals surface area contributed by atoms with Gasteiger partial charge in [0.05, 0.1) is 23.2 Å². The maximum Gasteiger partial charge on any atom is 0.416 e. The number of carbonyl (C=O) groups is 1. The van der Waals surface area contributed by atoms with E-state index in [1.165, 1.54) is 16.8 Å². The topological polar surface area (TPSA) is 72.3 Å². The van der Waals surface area contributed by atoms with E-state index < -0.39 is 27.7 Å². The number of nitrogens with zero attached hydrogens (tertiary/aromatic N) is 3. The van der Waals surface area contributed by atoms with Crippen LogP contribution in [0.15, 0.2) is 29.2 Å². The zero-order valence-electron chi connectivity index (χ0n) is 15.7. The van der Waals surface area contributed by atoms with Crippen molar-refractivity contribution in [2.24, 2.45) is 7.05 Å². The number of hydrogen-bond acceptors (Lipinski definition) is 5. The predicted octanol–water partition coefficient (Wildman–Crippen LogP) is 3.53. The molecule has 0 saturated heterocycles. The minimum atomic E-state index is -4.45. The summed E-state index contributed by atoms with van der Waals surface area (Å²) in [4.78, 5) is 13.0. The highest BCUT2D eigenvalue weighted by atomic mass is 32.2. The van der Waals surface area contributed by atoms with Crippen molar-refractivity contribution in [2.45, 2.75) is 31.3 Å². The molecule has 1 heterocycles. The number of alkyl halides is 3. The lowest BCUT2D eigenvalue weighted by Gasteiger charge is -2.20. The zero-order valence-corrected chi connectivity index (χ0v) is 17.4. The fraction of sp³-hybridized carbons (Fsp3) is 0.412. The molecule has 0 bridgehead atoms. The van der Waals surface area contributed by atoms with Crippen LogP contribution in [0.2, 0.25) is 0 Å². The van der Waals surface area contributed by atoms with Crippen molar-refractivity contribution in [3.63, 3.8) is 0 Å². The van der Waals surface area contributed by atoms with Crippen LogP contribution in [0.1, 0.15) is 23.4 Å². The van der Waals surface area contributed by atoms with Crippen molar-refractivity contribution < 1.29 is 26.4 Å². The van der Waals surface area contributed by atoms with Gasteiger partial charge < -0.3 is 0 Å². The van der Waals surface area contributed by atoms with E-state index in [9.17, 15) is 26.4 Å². The van der Waals surface area contributed by atoms with Crippen LogP contribution in [0.5, 0.6) is 0 Å². The van der Waals surface area contributed by atoms with E-state index in [2.05, 4.69) is 5.10 Å². The number of aryl methyl sites for hydroxylation is 2. The van der Waals surface area contributed by atoms with Crippen LogP contribution in [-0.4, -0.2) is 36.1 Å². The first-order valence-electron chi connectivity index (χ1n) is 8.15. The number of carbonyl (C=O) groups excluding carboxylic acids is 1. The summed E-state index contributed by atoms with van der Waals surface area (Å²) in [5, 5.41) is 4.13. The number of amides is 1. The van der Waals surface area contributed by atoms with Gasteiger partial charge in [0.1, 0.15) is 5.69 Å². The molecule has 6 nitrogen and oxygen atoms in total. The maximum absolute atomic E-state index is 12.8. The number of rotatable bonds is 6. The van der Waals surface area contributed by atoms with Gasteiger partial charge in [0.2, 0.25) is 15.9 Å². The highest BCUT2D eigenvalue weighted by Crippen LogP contribution is 2.32. The molecule has 2 aromatic rings. The second kappa shape index (κ2) is 8.16. The lowest BCUT2D eigenvalue weighted by atomic mass is 10.2. The van der Waals surface area contributed by atoms with Gasteiger partial charge >= 0.3 is 6.18 Å². The first-order chi connectivity index (χ1) is 12.8. The van der Waals surface area contributed by atoms with E-state index in [1.807, 2.05) is 0 Å². The molecule has 154 valence electrons. The molecule has 0 atom stereocenters. The van der Waals surface area contributed by atoms with Crippen LogP contribution in [-0.2, 0) is 28.0 Å². The number of thioether (sulfide) groups is 1. The van der Waals surface area contributed by atoms with Crippen molar-refractivity contribution in [2.75, 3.05) is 16.3 Å². The first-order valence-corrected chi connectivity index (χ1v) is 11.0. The summed E-state index contributed by atoms with van der Waals surface area (Å²) >= 11 is 1.05. The number of benzene rings is 1. The molecule has 0 saturated carbocycles. The average Bonchev–Trinajstić information content (AvgIpc) is 2.80. The molecule has 0 aliphatic carbocycles. The lowest BCUT2D eigenvalue weighted by molar-refractivity contribution is -0.137. The Morgan fingerprint density at radius 1 is 1.29 bits per heavy atom. The fourth-order valence-corrected chi connectivity index (χ4v) is 4.61. The summed E-state index contributed by atoms with van der Waals surface area (Å²) in [6, 6.07) is 4.76. The number of anilines is 1. The van der Waals surface area contributed by atoms with Crippen LogP contribution >= 0.6 is 11.8 Å². The van der Waals surface area contributed by atoms with Crippen LogP contribution in [0, 0.1) is 13.8 Å².